The molecule has 4 heteroatoms. The van der Waals surface area contributed by atoms with Gasteiger partial charge in [0.25, 0.3) is 6.43 Å². The maximum atomic E-state index is 11.9. The Morgan fingerprint density at radius 2 is 2.31 bits per heavy atom. The fraction of sp³-hybridized carbons (Fsp3) is 0.222. The van der Waals surface area contributed by atoms with Crippen LogP contribution >= 0.6 is 0 Å². The van der Waals surface area contributed by atoms with E-state index in [-0.39, 0.29) is 5.57 Å². The van der Waals surface area contributed by atoms with Gasteiger partial charge in [-0.05, 0) is 25.1 Å². The molecule has 1 aromatic rings. The van der Waals surface area contributed by atoms with Crippen molar-refractivity contribution in [2.45, 2.75) is 13.3 Å². The van der Waals surface area contributed by atoms with Crippen LogP contribution in [-0.4, -0.2) is 12.2 Å². The molecule has 0 N–H and O–H groups in total. The predicted molar refractivity (Wildman–Crippen MR) is 43.4 cm³/mol. The van der Waals surface area contributed by atoms with Crippen molar-refractivity contribution < 1.29 is 18.0 Å². The van der Waals surface area contributed by atoms with Gasteiger partial charge in [-0.25, -0.2) is 8.78 Å². The van der Waals surface area contributed by atoms with Gasteiger partial charge < -0.3 is 4.42 Å². The Morgan fingerprint density at radius 3 is 2.77 bits per heavy atom. The fourth-order valence-corrected chi connectivity index (χ4v) is 0.830. The van der Waals surface area contributed by atoms with Gasteiger partial charge in [-0.15, -0.1) is 0 Å². The van der Waals surface area contributed by atoms with Crippen LogP contribution in [0, 0.1) is 0 Å². The summed E-state index contributed by atoms with van der Waals surface area (Å²) in [7, 11) is 0. The minimum absolute atomic E-state index is 0.00931. The second-order valence-corrected chi connectivity index (χ2v) is 2.51. The quantitative estimate of drug-likeness (QED) is 0.679. The van der Waals surface area contributed by atoms with Gasteiger partial charge >= 0.3 is 0 Å². The molecular formula is C9H8F2O2. The van der Waals surface area contributed by atoms with Crippen molar-refractivity contribution in [1.29, 1.82) is 0 Å². The molecule has 0 aliphatic rings. The molecular weight excluding hydrogens is 178 g/mol. The van der Waals surface area contributed by atoms with Gasteiger partial charge in [-0.2, -0.15) is 0 Å². The van der Waals surface area contributed by atoms with Crippen molar-refractivity contribution in [3.8, 4) is 0 Å². The molecule has 0 bridgehead atoms. The molecule has 13 heavy (non-hydrogen) atoms. The van der Waals surface area contributed by atoms with Crippen LogP contribution in [0.15, 0.2) is 28.4 Å². The van der Waals surface area contributed by atoms with Crippen molar-refractivity contribution >= 4 is 11.9 Å². The summed E-state index contributed by atoms with van der Waals surface area (Å²) < 4.78 is 28.6. The largest absolute Gasteiger partial charge is 0.465 e. The van der Waals surface area contributed by atoms with Gasteiger partial charge in [0.05, 0.1) is 6.26 Å². The van der Waals surface area contributed by atoms with E-state index >= 15 is 0 Å². The van der Waals surface area contributed by atoms with Crippen LogP contribution in [-0.2, 0) is 4.79 Å². The minimum atomic E-state index is -2.95. The van der Waals surface area contributed by atoms with Crippen LogP contribution in [0.1, 0.15) is 12.7 Å². The first-order valence-electron chi connectivity index (χ1n) is 3.65. The van der Waals surface area contributed by atoms with E-state index in [1.807, 2.05) is 0 Å². The zero-order valence-electron chi connectivity index (χ0n) is 6.96. The minimum Gasteiger partial charge on any atom is -0.465 e. The summed E-state index contributed by atoms with van der Waals surface area (Å²) >= 11 is 0. The molecule has 2 nitrogen and oxygen atoms in total. The number of ketones is 1. The standard InChI is InChI=1S/C9H8F2O2/c1-6(8(12)9(10)11)5-7-3-2-4-13-7/h2-5,9H,1H3/b6-5+. The third-order valence-electron chi connectivity index (χ3n) is 1.49. The summed E-state index contributed by atoms with van der Waals surface area (Å²) in [6.07, 6.45) is -0.258. The average molecular weight is 186 g/mol. The number of alkyl halides is 2. The number of furan rings is 1. The van der Waals surface area contributed by atoms with E-state index in [2.05, 4.69) is 0 Å². The van der Waals surface area contributed by atoms with Crippen molar-refractivity contribution in [3.63, 3.8) is 0 Å². The highest BCUT2D eigenvalue weighted by Gasteiger charge is 2.16. The van der Waals surface area contributed by atoms with E-state index in [4.69, 9.17) is 4.42 Å². The van der Waals surface area contributed by atoms with E-state index in [1.54, 1.807) is 12.1 Å². The number of halogens is 2. The van der Waals surface area contributed by atoms with Crippen molar-refractivity contribution in [3.05, 3.63) is 29.7 Å². The van der Waals surface area contributed by atoms with Crippen molar-refractivity contribution in [2.75, 3.05) is 0 Å². The Hall–Kier alpha value is -1.45. The Labute approximate surface area is 73.9 Å². The number of carbonyl (C=O) groups excluding carboxylic acids is 1. The summed E-state index contributed by atoms with van der Waals surface area (Å²) in [5.74, 6) is -0.775. The lowest BCUT2D eigenvalue weighted by Crippen LogP contribution is -2.10. The summed E-state index contributed by atoms with van der Waals surface area (Å²) in [4.78, 5) is 10.7. The highest BCUT2D eigenvalue weighted by atomic mass is 19.3. The molecule has 0 aliphatic carbocycles. The normalized spacial score (nSPS) is 12.2. The molecule has 0 saturated carbocycles. The Kier molecular flexibility index (Phi) is 2.95. The van der Waals surface area contributed by atoms with E-state index in [0.717, 1.165) is 0 Å². The molecule has 0 aliphatic heterocycles. The van der Waals surface area contributed by atoms with Crippen LogP contribution in [0.2, 0.25) is 0 Å². The fourth-order valence-electron chi connectivity index (χ4n) is 0.830. The monoisotopic (exact) mass is 186 g/mol. The molecule has 70 valence electrons. The second-order valence-electron chi connectivity index (χ2n) is 2.51. The highest BCUT2D eigenvalue weighted by Crippen LogP contribution is 2.10. The van der Waals surface area contributed by atoms with Gasteiger partial charge in [0, 0.05) is 5.57 Å². The van der Waals surface area contributed by atoms with Crippen LogP contribution in [0.25, 0.3) is 6.08 Å². The number of allylic oxidation sites excluding steroid dienone is 1. The van der Waals surface area contributed by atoms with Crippen molar-refractivity contribution in [1.82, 2.24) is 0 Å². The molecule has 0 aromatic carbocycles. The first-order valence-corrected chi connectivity index (χ1v) is 3.65. The predicted octanol–water partition coefficient (Wildman–Crippen LogP) is 2.52. The number of hydrogen-bond acceptors (Lipinski definition) is 2. The van der Waals surface area contributed by atoms with Gasteiger partial charge in [0.1, 0.15) is 5.76 Å². The molecule has 1 rings (SSSR count). The molecule has 0 saturated heterocycles. The molecule has 1 aromatic heterocycles. The lowest BCUT2D eigenvalue weighted by atomic mass is 10.2. The maximum absolute atomic E-state index is 11.9. The number of rotatable bonds is 3. The lowest BCUT2D eigenvalue weighted by Gasteiger charge is -1.96. The van der Waals surface area contributed by atoms with E-state index in [0.29, 0.717) is 5.76 Å². The number of carbonyl (C=O) groups is 1. The number of Topliss-reactive ketones (excluding diaryl/α,β-unsaturated/α-hetero) is 1. The van der Waals surface area contributed by atoms with Gasteiger partial charge in [0.15, 0.2) is 0 Å². The first-order chi connectivity index (χ1) is 6.11. The number of hydrogen-bond donors (Lipinski definition) is 0. The Balaban J connectivity index is 2.78. The van der Waals surface area contributed by atoms with Gasteiger partial charge in [-0.3, -0.25) is 4.79 Å². The van der Waals surface area contributed by atoms with E-state index in [9.17, 15) is 13.6 Å². The highest BCUT2D eigenvalue weighted by molar-refractivity contribution is 6.00. The molecule has 0 radical (unpaired) electrons. The topological polar surface area (TPSA) is 30.2 Å². The van der Waals surface area contributed by atoms with Crippen LogP contribution in [0.5, 0.6) is 0 Å². The molecule has 0 amide bonds. The zero-order valence-corrected chi connectivity index (χ0v) is 6.96. The van der Waals surface area contributed by atoms with Crippen LogP contribution < -0.4 is 0 Å². The van der Waals surface area contributed by atoms with E-state index < -0.39 is 12.2 Å². The smallest absolute Gasteiger partial charge is 0.300 e. The second kappa shape index (κ2) is 3.98. The molecule has 0 spiro atoms. The molecule has 0 unspecified atom stereocenters. The molecule has 0 fully saturated rings. The average Bonchev–Trinajstić information content (AvgIpc) is 2.55. The Bertz CT molecular complexity index is 312. The van der Waals surface area contributed by atoms with E-state index in [1.165, 1.54) is 19.3 Å². The van der Waals surface area contributed by atoms with Crippen molar-refractivity contribution in [2.24, 2.45) is 0 Å². The SMILES string of the molecule is C/C(=C\c1ccco1)C(=O)C(F)F. The van der Waals surface area contributed by atoms with Crippen LogP contribution in [0.3, 0.4) is 0 Å². The Morgan fingerprint density at radius 1 is 1.62 bits per heavy atom. The summed E-state index contributed by atoms with van der Waals surface area (Å²) in [5.41, 5.74) is -0.00931. The maximum Gasteiger partial charge on any atom is 0.300 e. The van der Waals surface area contributed by atoms with Gasteiger partial charge in [-0.1, -0.05) is 0 Å². The summed E-state index contributed by atoms with van der Waals surface area (Å²) in [6, 6.07) is 3.20. The van der Waals surface area contributed by atoms with Crippen LogP contribution in [0.4, 0.5) is 8.78 Å². The third-order valence-corrected chi connectivity index (χ3v) is 1.49. The molecule has 0 atom stereocenters. The third kappa shape index (κ3) is 2.50. The lowest BCUT2D eigenvalue weighted by molar-refractivity contribution is -0.125. The summed E-state index contributed by atoms with van der Waals surface area (Å²) in [6.45, 7) is 1.33. The zero-order chi connectivity index (χ0) is 9.84. The summed E-state index contributed by atoms with van der Waals surface area (Å²) in [5, 5.41) is 0. The first kappa shape index (κ1) is 9.64. The van der Waals surface area contributed by atoms with Gasteiger partial charge in [0.2, 0.25) is 5.78 Å². The molecule has 1 heterocycles.